The molecular formula is C13H21N5OS. The highest BCUT2D eigenvalue weighted by Gasteiger charge is 2.20. The molecular weight excluding hydrogens is 274 g/mol. The van der Waals surface area contributed by atoms with E-state index in [4.69, 9.17) is 0 Å². The highest BCUT2D eigenvalue weighted by atomic mass is 32.2. The van der Waals surface area contributed by atoms with Crippen LogP contribution in [-0.4, -0.2) is 59.8 Å². The fourth-order valence-corrected chi connectivity index (χ4v) is 2.56. The van der Waals surface area contributed by atoms with Gasteiger partial charge in [-0.25, -0.2) is 9.97 Å². The number of carbonyl (C=O) groups is 1. The van der Waals surface area contributed by atoms with E-state index in [0.717, 1.165) is 49.5 Å². The van der Waals surface area contributed by atoms with Crippen molar-refractivity contribution in [3.63, 3.8) is 0 Å². The minimum absolute atomic E-state index is 0.144. The number of hydrogen-bond donors (Lipinski definition) is 1. The fraction of sp³-hybridized carbons (Fsp3) is 0.615. The van der Waals surface area contributed by atoms with Crippen LogP contribution in [-0.2, 0) is 4.79 Å². The zero-order valence-corrected chi connectivity index (χ0v) is 13.0. The molecule has 1 amide bonds. The summed E-state index contributed by atoms with van der Waals surface area (Å²) in [5.41, 5.74) is 0. The molecule has 7 heteroatoms. The highest BCUT2D eigenvalue weighted by Crippen LogP contribution is 2.21. The number of piperazine rings is 1. The summed E-state index contributed by atoms with van der Waals surface area (Å²) < 4.78 is 0. The van der Waals surface area contributed by atoms with Crippen molar-refractivity contribution in [2.75, 3.05) is 49.2 Å². The zero-order valence-electron chi connectivity index (χ0n) is 12.2. The van der Waals surface area contributed by atoms with Crippen LogP contribution in [0.3, 0.4) is 0 Å². The van der Waals surface area contributed by atoms with E-state index < -0.39 is 0 Å². The van der Waals surface area contributed by atoms with Crippen LogP contribution in [0, 0.1) is 0 Å². The van der Waals surface area contributed by atoms with Gasteiger partial charge in [0.05, 0.1) is 0 Å². The van der Waals surface area contributed by atoms with Gasteiger partial charge in [-0.3, -0.25) is 4.79 Å². The topological polar surface area (TPSA) is 61.4 Å². The summed E-state index contributed by atoms with van der Waals surface area (Å²) in [6.07, 6.45) is 1.97. The van der Waals surface area contributed by atoms with E-state index in [1.165, 1.54) is 11.8 Å². The average Bonchev–Trinajstić information content (AvgIpc) is 2.47. The van der Waals surface area contributed by atoms with Crippen LogP contribution in [0.5, 0.6) is 0 Å². The Morgan fingerprint density at radius 3 is 2.60 bits per heavy atom. The van der Waals surface area contributed by atoms with Crippen molar-refractivity contribution in [3.8, 4) is 0 Å². The van der Waals surface area contributed by atoms with E-state index in [9.17, 15) is 4.79 Å². The van der Waals surface area contributed by atoms with Gasteiger partial charge in [0.1, 0.15) is 11.6 Å². The van der Waals surface area contributed by atoms with Gasteiger partial charge in [-0.05, 0) is 13.2 Å². The molecule has 1 saturated heterocycles. The third-order valence-electron chi connectivity index (χ3n) is 3.28. The minimum atomic E-state index is 0.144. The largest absolute Gasteiger partial charge is 0.370 e. The van der Waals surface area contributed by atoms with E-state index in [1.807, 2.05) is 24.1 Å². The second-order valence-corrected chi connectivity index (χ2v) is 5.39. The standard InChI is InChI=1S/C13H21N5OS/c1-4-14-11-9-12(16-13(15-11)20-3)18-7-5-17(6-8-18)10(2)19/h9H,4-8H2,1-3H3,(H,14,15,16). The van der Waals surface area contributed by atoms with Crippen LogP contribution in [0.4, 0.5) is 11.6 Å². The monoisotopic (exact) mass is 295 g/mol. The Morgan fingerprint density at radius 2 is 2.05 bits per heavy atom. The minimum Gasteiger partial charge on any atom is -0.370 e. The van der Waals surface area contributed by atoms with Gasteiger partial charge in [0, 0.05) is 45.7 Å². The SMILES string of the molecule is CCNc1cc(N2CCN(C(C)=O)CC2)nc(SC)n1. The Labute approximate surface area is 124 Å². The maximum Gasteiger partial charge on any atom is 0.219 e. The van der Waals surface area contributed by atoms with Gasteiger partial charge in [0.15, 0.2) is 5.16 Å². The van der Waals surface area contributed by atoms with E-state index in [0.29, 0.717) is 0 Å². The Hall–Kier alpha value is -1.50. The van der Waals surface area contributed by atoms with E-state index >= 15 is 0 Å². The number of anilines is 2. The Morgan fingerprint density at radius 1 is 1.35 bits per heavy atom. The predicted molar refractivity (Wildman–Crippen MR) is 82.4 cm³/mol. The molecule has 0 saturated carbocycles. The third-order valence-corrected chi connectivity index (χ3v) is 3.83. The number of amides is 1. The number of rotatable bonds is 4. The van der Waals surface area contributed by atoms with Crippen molar-refractivity contribution in [2.45, 2.75) is 19.0 Å². The molecule has 1 aromatic rings. The van der Waals surface area contributed by atoms with Gasteiger partial charge >= 0.3 is 0 Å². The van der Waals surface area contributed by atoms with Crippen molar-refractivity contribution in [2.24, 2.45) is 0 Å². The van der Waals surface area contributed by atoms with Gasteiger partial charge in [-0.1, -0.05) is 11.8 Å². The van der Waals surface area contributed by atoms with Crippen molar-refractivity contribution in [1.82, 2.24) is 14.9 Å². The van der Waals surface area contributed by atoms with Gasteiger partial charge in [-0.15, -0.1) is 0 Å². The van der Waals surface area contributed by atoms with Crippen LogP contribution in [0.15, 0.2) is 11.2 Å². The lowest BCUT2D eigenvalue weighted by Crippen LogP contribution is -2.48. The Bertz CT molecular complexity index is 474. The quantitative estimate of drug-likeness (QED) is 0.667. The number of nitrogens with zero attached hydrogens (tertiary/aromatic N) is 4. The van der Waals surface area contributed by atoms with Crippen LogP contribution >= 0.6 is 11.8 Å². The molecule has 1 N–H and O–H groups in total. The van der Waals surface area contributed by atoms with Crippen LogP contribution in [0.25, 0.3) is 0 Å². The van der Waals surface area contributed by atoms with Crippen molar-refractivity contribution in [3.05, 3.63) is 6.07 Å². The van der Waals surface area contributed by atoms with Crippen LogP contribution in [0.2, 0.25) is 0 Å². The summed E-state index contributed by atoms with van der Waals surface area (Å²) in [7, 11) is 0. The summed E-state index contributed by atoms with van der Waals surface area (Å²) in [5.74, 6) is 1.94. The first-order valence-corrected chi connectivity index (χ1v) is 8.04. The second kappa shape index (κ2) is 6.78. The van der Waals surface area contributed by atoms with Crippen LogP contribution < -0.4 is 10.2 Å². The predicted octanol–water partition coefficient (Wildman–Crippen LogP) is 1.30. The van der Waals surface area contributed by atoms with Gasteiger partial charge in [0.2, 0.25) is 5.91 Å². The Kier molecular flexibility index (Phi) is 5.05. The number of carbonyl (C=O) groups excluding carboxylic acids is 1. The maximum absolute atomic E-state index is 11.4. The molecule has 1 aliphatic rings. The molecule has 1 aliphatic heterocycles. The molecule has 2 heterocycles. The van der Waals surface area contributed by atoms with Crippen molar-refractivity contribution < 1.29 is 4.79 Å². The highest BCUT2D eigenvalue weighted by molar-refractivity contribution is 7.98. The molecule has 0 unspecified atom stereocenters. The van der Waals surface area contributed by atoms with Crippen molar-refractivity contribution >= 4 is 29.3 Å². The van der Waals surface area contributed by atoms with E-state index in [2.05, 4.69) is 20.2 Å². The van der Waals surface area contributed by atoms with Crippen molar-refractivity contribution in [1.29, 1.82) is 0 Å². The average molecular weight is 295 g/mol. The summed E-state index contributed by atoms with van der Waals surface area (Å²) in [5, 5.41) is 4.00. The summed E-state index contributed by atoms with van der Waals surface area (Å²) in [6, 6.07) is 1.98. The number of nitrogens with one attached hydrogen (secondary N) is 1. The lowest BCUT2D eigenvalue weighted by atomic mass is 10.3. The molecule has 20 heavy (non-hydrogen) atoms. The molecule has 0 radical (unpaired) electrons. The number of aromatic nitrogens is 2. The molecule has 110 valence electrons. The smallest absolute Gasteiger partial charge is 0.219 e. The summed E-state index contributed by atoms with van der Waals surface area (Å²) in [6.45, 7) is 7.64. The van der Waals surface area contributed by atoms with Gasteiger partial charge < -0.3 is 15.1 Å². The zero-order chi connectivity index (χ0) is 14.5. The lowest BCUT2D eigenvalue weighted by molar-refractivity contribution is -0.129. The molecule has 0 aromatic carbocycles. The first-order chi connectivity index (χ1) is 9.63. The van der Waals surface area contributed by atoms with E-state index in [-0.39, 0.29) is 5.91 Å². The lowest BCUT2D eigenvalue weighted by Gasteiger charge is -2.35. The molecule has 0 aliphatic carbocycles. The molecule has 1 fully saturated rings. The fourth-order valence-electron chi connectivity index (χ4n) is 2.19. The summed E-state index contributed by atoms with van der Waals surface area (Å²) >= 11 is 1.54. The first kappa shape index (κ1) is 14.9. The third kappa shape index (κ3) is 3.53. The molecule has 6 nitrogen and oxygen atoms in total. The molecule has 2 rings (SSSR count). The second-order valence-electron chi connectivity index (χ2n) is 4.62. The Balaban J connectivity index is 2.12. The number of thioether (sulfide) groups is 1. The maximum atomic E-state index is 11.4. The molecule has 1 aromatic heterocycles. The number of hydrogen-bond acceptors (Lipinski definition) is 6. The molecule has 0 bridgehead atoms. The molecule has 0 atom stereocenters. The van der Waals surface area contributed by atoms with Crippen LogP contribution in [0.1, 0.15) is 13.8 Å². The normalized spacial score (nSPS) is 15.3. The van der Waals surface area contributed by atoms with Gasteiger partial charge in [0.25, 0.3) is 0 Å². The summed E-state index contributed by atoms with van der Waals surface area (Å²) in [4.78, 5) is 24.4. The first-order valence-electron chi connectivity index (χ1n) is 6.81. The van der Waals surface area contributed by atoms with Gasteiger partial charge in [-0.2, -0.15) is 0 Å². The van der Waals surface area contributed by atoms with E-state index in [1.54, 1.807) is 6.92 Å². The molecule has 0 spiro atoms.